The zero-order valence-electron chi connectivity index (χ0n) is 15.9. The van der Waals surface area contributed by atoms with Gasteiger partial charge in [-0.2, -0.15) is 0 Å². The quantitative estimate of drug-likeness (QED) is 0.536. The van der Waals surface area contributed by atoms with Crippen LogP contribution in [0.2, 0.25) is 5.02 Å². The van der Waals surface area contributed by atoms with Gasteiger partial charge in [0.05, 0.1) is 20.9 Å². The molecule has 0 spiro atoms. The van der Waals surface area contributed by atoms with E-state index in [9.17, 15) is 17.6 Å². The standard InChI is InChI=1S/C20H19ClFN3O3S2/c21-14-1-6-17-18(13-14)29-20(23-17)25-10-8-24(9-11-25)19(26)7-12-30(27,28)16-4-2-15(22)3-5-16/h1-6,13H,7-12H2. The summed E-state index contributed by atoms with van der Waals surface area (Å²) in [7, 11) is -3.63. The Hall–Kier alpha value is -2.23. The molecule has 6 nitrogen and oxygen atoms in total. The van der Waals surface area contributed by atoms with Gasteiger partial charge in [0.1, 0.15) is 5.82 Å². The van der Waals surface area contributed by atoms with Gasteiger partial charge in [0.25, 0.3) is 0 Å². The minimum absolute atomic E-state index is 0.0254. The van der Waals surface area contributed by atoms with Crippen LogP contribution in [0, 0.1) is 5.82 Å². The molecule has 0 atom stereocenters. The van der Waals surface area contributed by atoms with Crippen molar-refractivity contribution in [2.24, 2.45) is 0 Å². The maximum Gasteiger partial charge on any atom is 0.223 e. The van der Waals surface area contributed by atoms with Crippen LogP contribution in [0.25, 0.3) is 10.2 Å². The van der Waals surface area contributed by atoms with Gasteiger partial charge < -0.3 is 9.80 Å². The van der Waals surface area contributed by atoms with Crippen LogP contribution in [-0.2, 0) is 14.6 Å². The van der Waals surface area contributed by atoms with Crippen LogP contribution in [0.4, 0.5) is 9.52 Å². The predicted molar refractivity (Wildman–Crippen MR) is 116 cm³/mol. The summed E-state index contributed by atoms with van der Waals surface area (Å²) in [4.78, 5) is 21.0. The Kier molecular flexibility index (Phi) is 5.95. The number of benzene rings is 2. The number of halogens is 2. The van der Waals surface area contributed by atoms with E-state index >= 15 is 0 Å². The second-order valence-electron chi connectivity index (χ2n) is 7.00. The second-order valence-corrected chi connectivity index (χ2v) is 10.6. The van der Waals surface area contributed by atoms with Crippen LogP contribution in [0.3, 0.4) is 0 Å². The van der Waals surface area contributed by atoms with E-state index in [4.69, 9.17) is 11.6 Å². The number of aromatic nitrogens is 1. The minimum Gasteiger partial charge on any atom is -0.345 e. The van der Waals surface area contributed by atoms with Gasteiger partial charge >= 0.3 is 0 Å². The number of nitrogens with zero attached hydrogens (tertiary/aromatic N) is 3. The number of carbonyl (C=O) groups is 1. The highest BCUT2D eigenvalue weighted by atomic mass is 35.5. The number of carbonyl (C=O) groups excluding carboxylic acids is 1. The van der Waals surface area contributed by atoms with Crippen LogP contribution < -0.4 is 4.90 Å². The number of sulfone groups is 1. The van der Waals surface area contributed by atoms with Crippen molar-refractivity contribution in [1.82, 2.24) is 9.88 Å². The van der Waals surface area contributed by atoms with Crippen LogP contribution in [0.1, 0.15) is 6.42 Å². The number of fused-ring (bicyclic) bond motifs is 1. The fourth-order valence-electron chi connectivity index (χ4n) is 3.31. The zero-order valence-corrected chi connectivity index (χ0v) is 18.3. The molecule has 3 aromatic rings. The molecule has 1 saturated heterocycles. The van der Waals surface area contributed by atoms with E-state index in [2.05, 4.69) is 9.88 Å². The third-order valence-corrected chi connectivity index (χ3v) is 8.05. The highest BCUT2D eigenvalue weighted by Crippen LogP contribution is 2.31. The summed E-state index contributed by atoms with van der Waals surface area (Å²) in [5.41, 5.74) is 0.893. The molecule has 0 N–H and O–H groups in total. The van der Waals surface area contributed by atoms with Gasteiger partial charge in [0.15, 0.2) is 15.0 Å². The van der Waals surface area contributed by atoms with Gasteiger partial charge in [0.2, 0.25) is 5.91 Å². The molecule has 0 saturated carbocycles. The molecule has 1 amide bonds. The molecule has 4 rings (SSSR count). The third kappa shape index (κ3) is 4.58. The smallest absolute Gasteiger partial charge is 0.223 e. The molecular weight excluding hydrogens is 449 g/mol. The Balaban J connectivity index is 1.33. The maximum absolute atomic E-state index is 13.0. The van der Waals surface area contributed by atoms with Crippen LogP contribution in [-0.4, -0.2) is 56.1 Å². The summed E-state index contributed by atoms with van der Waals surface area (Å²) in [6.45, 7) is 2.27. The molecule has 1 aliphatic rings. The van der Waals surface area contributed by atoms with E-state index in [0.29, 0.717) is 31.2 Å². The number of anilines is 1. The van der Waals surface area contributed by atoms with E-state index in [1.165, 1.54) is 12.1 Å². The Morgan fingerprint density at radius 2 is 1.80 bits per heavy atom. The van der Waals surface area contributed by atoms with Gasteiger partial charge in [-0.15, -0.1) is 0 Å². The molecule has 1 aliphatic heterocycles. The van der Waals surface area contributed by atoms with E-state index in [1.807, 2.05) is 18.2 Å². The van der Waals surface area contributed by atoms with Crippen LogP contribution >= 0.6 is 22.9 Å². The number of hydrogen-bond acceptors (Lipinski definition) is 6. The predicted octanol–water partition coefficient (Wildman–Crippen LogP) is 3.60. The Labute approximate surface area is 182 Å². The zero-order chi connectivity index (χ0) is 21.3. The monoisotopic (exact) mass is 467 g/mol. The SMILES string of the molecule is O=C(CCS(=O)(=O)c1ccc(F)cc1)N1CCN(c2nc3ccc(Cl)cc3s2)CC1. The Morgan fingerprint density at radius 3 is 2.50 bits per heavy atom. The number of piperazine rings is 1. The highest BCUT2D eigenvalue weighted by Gasteiger charge is 2.25. The maximum atomic E-state index is 13.0. The molecule has 0 radical (unpaired) electrons. The van der Waals surface area contributed by atoms with Crippen molar-refractivity contribution in [3.63, 3.8) is 0 Å². The molecule has 0 bridgehead atoms. The van der Waals surface area contributed by atoms with Gasteiger partial charge in [-0.1, -0.05) is 22.9 Å². The molecule has 1 aromatic heterocycles. The first-order chi connectivity index (χ1) is 14.3. The van der Waals surface area contributed by atoms with Crippen molar-refractivity contribution in [1.29, 1.82) is 0 Å². The first-order valence-electron chi connectivity index (χ1n) is 9.39. The van der Waals surface area contributed by atoms with Crippen molar-refractivity contribution in [3.8, 4) is 0 Å². The molecule has 1 fully saturated rings. The van der Waals surface area contributed by atoms with Crippen LogP contribution in [0.15, 0.2) is 47.4 Å². The van der Waals surface area contributed by atoms with Crippen LogP contribution in [0.5, 0.6) is 0 Å². The Bertz CT molecular complexity index is 1170. The number of rotatable bonds is 5. The number of hydrogen-bond donors (Lipinski definition) is 0. The molecule has 0 aliphatic carbocycles. The van der Waals surface area contributed by atoms with Crippen molar-refractivity contribution in [3.05, 3.63) is 53.3 Å². The lowest BCUT2D eigenvalue weighted by Gasteiger charge is -2.34. The summed E-state index contributed by atoms with van der Waals surface area (Å²) < 4.78 is 38.7. The fourth-order valence-corrected chi connectivity index (χ4v) is 5.83. The molecule has 158 valence electrons. The lowest BCUT2D eigenvalue weighted by molar-refractivity contribution is -0.131. The van der Waals surface area contributed by atoms with E-state index in [0.717, 1.165) is 27.5 Å². The normalized spacial score (nSPS) is 15.0. The summed E-state index contributed by atoms with van der Waals surface area (Å²) in [5, 5.41) is 1.56. The van der Waals surface area contributed by atoms with Gasteiger partial charge in [-0.25, -0.2) is 17.8 Å². The van der Waals surface area contributed by atoms with Gasteiger partial charge in [0, 0.05) is 37.6 Å². The van der Waals surface area contributed by atoms with E-state index < -0.39 is 15.7 Å². The lowest BCUT2D eigenvalue weighted by atomic mass is 10.3. The molecule has 30 heavy (non-hydrogen) atoms. The number of amides is 1. The highest BCUT2D eigenvalue weighted by molar-refractivity contribution is 7.91. The molecule has 10 heteroatoms. The summed E-state index contributed by atoms with van der Waals surface area (Å²) >= 11 is 7.60. The van der Waals surface area contributed by atoms with E-state index in [1.54, 1.807) is 16.2 Å². The van der Waals surface area contributed by atoms with Crippen molar-refractivity contribution in [2.45, 2.75) is 11.3 Å². The second kappa shape index (κ2) is 8.49. The van der Waals surface area contributed by atoms with Crippen molar-refractivity contribution in [2.75, 3.05) is 36.8 Å². The van der Waals surface area contributed by atoms with Gasteiger partial charge in [-0.05, 0) is 42.5 Å². The average Bonchev–Trinajstić information content (AvgIpc) is 3.16. The largest absolute Gasteiger partial charge is 0.345 e. The topological polar surface area (TPSA) is 70.6 Å². The van der Waals surface area contributed by atoms with Gasteiger partial charge in [-0.3, -0.25) is 4.79 Å². The summed E-state index contributed by atoms with van der Waals surface area (Å²) in [6, 6.07) is 10.2. The molecule has 2 aromatic carbocycles. The third-order valence-electron chi connectivity index (χ3n) is 5.00. The van der Waals surface area contributed by atoms with Crippen molar-refractivity contribution >= 4 is 54.0 Å². The molecular formula is C20H19ClFN3O3S2. The fraction of sp³-hybridized carbons (Fsp3) is 0.300. The lowest BCUT2D eigenvalue weighted by Crippen LogP contribution is -2.49. The minimum atomic E-state index is -3.63. The first kappa shape index (κ1) is 21.0. The Morgan fingerprint density at radius 1 is 1.10 bits per heavy atom. The average molecular weight is 468 g/mol. The summed E-state index contributed by atoms with van der Waals surface area (Å²) in [6.07, 6.45) is -0.0979. The molecule has 0 unspecified atom stereocenters. The number of thiazole rings is 1. The summed E-state index contributed by atoms with van der Waals surface area (Å²) in [5.74, 6) is -0.994. The first-order valence-corrected chi connectivity index (χ1v) is 12.2. The van der Waals surface area contributed by atoms with Crippen molar-refractivity contribution < 1.29 is 17.6 Å². The molecule has 2 heterocycles. The van der Waals surface area contributed by atoms with E-state index in [-0.39, 0.29) is 23.0 Å².